The zero-order valence-electron chi connectivity index (χ0n) is 22.3. The van der Waals surface area contributed by atoms with Crippen LogP contribution in [0.1, 0.15) is 43.4 Å². The van der Waals surface area contributed by atoms with E-state index in [1.165, 1.54) is 0 Å². The topological polar surface area (TPSA) is 58.6 Å². The average Bonchev–Trinajstić information content (AvgIpc) is 2.90. The van der Waals surface area contributed by atoms with Crippen LogP contribution in [-0.4, -0.2) is 35.9 Å². The number of carbonyl (C=O) groups is 2. The monoisotopic (exact) mass is 554 g/mol. The fourth-order valence-corrected chi connectivity index (χ4v) is 4.54. The lowest BCUT2D eigenvalue weighted by Gasteiger charge is -2.32. The van der Waals surface area contributed by atoms with E-state index in [9.17, 15) is 9.59 Å². The van der Waals surface area contributed by atoms with E-state index in [0.29, 0.717) is 41.6 Å². The standard InChI is InChI=1S/C31H36Cl2N2O3/c1-22(2)20-34-31(37)29(19-24-9-5-4-6-10-24)35(21-26-27(32)11-7-12-28(26)33)30(36)13-8-18-38-25-16-14-23(3)15-17-25/h4-7,9-12,14-17,22,29H,8,13,18-21H2,1-3H3,(H,34,37)/t29-/m0/s1. The molecule has 0 aliphatic carbocycles. The molecule has 38 heavy (non-hydrogen) atoms. The van der Waals surface area contributed by atoms with Crippen molar-refractivity contribution in [2.24, 2.45) is 5.92 Å². The summed E-state index contributed by atoms with van der Waals surface area (Å²) >= 11 is 13.0. The molecular formula is C31H36Cl2N2O3. The molecule has 7 heteroatoms. The van der Waals surface area contributed by atoms with Gasteiger partial charge in [0, 0.05) is 41.5 Å². The molecule has 3 aromatic carbocycles. The Bertz CT molecular complexity index is 1160. The van der Waals surface area contributed by atoms with Crippen LogP contribution in [0, 0.1) is 12.8 Å². The van der Waals surface area contributed by atoms with Crippen LogP contribution in [0.3, 0.4) is 0 Å². The van der Waals surface area contributed by atoms with Gasteiger partial charge in [-0.3, -0.25) is 9.59 Å². The first-order chi connectivity index (χ1) is 18.2. The third kappa shape index (κ3) is 9.07. The van der Waals surface area contributed by atoms with Crippen LogP contribution in [0.4, 0.5) is 0 Å². The number of aryl methyl sites for hydroxylation is 1. The summed E-state index contributed by atoms with van der Waals surface area (Å²) in [6, 6.07) is 22.0. The lowest BCUT2D eigenvalue weighted by molar-refractivity contribution is -0.141. The summed E-state index contributed by atoms with van der Waals surface area (Å²) in [6.45, 7) is 7.12. The zero-order chi connectivity index (χ0) is 27.5. The van der Waals surface area contributed by atoms with Crippen LogP contribution in [0.2, 0.25) is 10.0 Å². The fraction of sp³-hybridized carbons (Fsp3) is 0.355. The Morgan fingerprint density at radius 2 is 1.58 bits per heavy atom. The molecule has 0 bridgehead atoms. The first kappa shape index (κ1) is 29.5. The molecule has 5 nitrogen and oxygen atoms in total. The second kappa shape index (κ2) is 14.8. The lowest BCUT2D eigenvalue weighted by atomic mass is 10.0. The highest BCUT2D eigenvalue weighted by Crippen LogP contribution is 2.27. The van der Waals surface area contributed by atoms with E-state index in [1.54, 1.807) is 23.1 Å². The average molecular weight is 556 g/mol. The summed E-state index contributed by atoms with van der Waals surface area (Å²) < 4.78 is 5.82. The van der Waals surface area contributed by atoms with Gasteiger partial charge in [0.05, 0.1) is 6.61 Å². The molecule has 3 aromatic rings. The Morgan fingerprint density at radius 3 is 2.21 bits per heavy atom. The van der Waals surface area contributed by atoms with Crippen molar-refractivity contribution < 1.29 is 14.3 Å². The maximum Gasteiger partial charge on any atom is 0.243 e. The fourth-order valence-electron chi connectivity index (χ4n) is 4.02. The van der Waals surface area contributed by atoms with Gasteiger partial charge in [-0.2, -0.15) is 0 Å². The largest absolute Gasteiger partial charge is 0.494 e. The molecule has 0 aliphatic rings. The van der Waals surface area contributed by atoms with Gasteiger partial charge in [-0.15, -0.1) is 0 Å². The van der Waals surface area contributed by atoms with Crippen molar-refractivity contribution in [3.63, 3.8) is 0 Å². The van der Waals surface area contributed by atoms with E-state index in [4.69, 9.17) is 27.9 Å². The predicted octanol–water partition coefficient (Wildman–Crippen LogP) is 6.87. The summed E-state index contributed by atoms with van der Waals surface area (Å²) in [6.07, 6.45) is 1.10. The Hall–Kier alpha value is -3.02. The second-order valence-corrected chi connectivity index (χ2v) is 10.6. The maximum absolute atomic E-state index is 13.7. The predicted molar refractivity (Wildman–Crippen MR) is 155 cm³/mol. The lowest BCUT2D eigenvalue weighted by Crippen LogP contribution is -2.51. The number of benzene rings is 3. The quantitative estimate of drug-likeness (QED) is 0.234. The summed E-state index contributed by atoms with van der Waals surface area (Å²) in [5.74, 6) is 0.680. The second-order valence-electron chi connectivity index (χ2n) is 9.83. The third-order valence-corrected chi connectivity index (χ3v) is 6.88. The van der Waals surface area contributed by atoms with Gasteiger partial charge in [-0.05, 0) is 49.1 Å². The van der Waals surface area contributed by atoms with Crippen molar-refractivity contribution in [3.8, 4) is 5.75 Å². The molecule has 0 fully saturated rings. The molecule has 0 spiro atoms. The SMILES string of the molecule is Cc1ccc(OCCCC(=O)N(Cc2c(Cl)cccc2Cl)[C@@H](Cc2ccccc2)C(=O)NCC(C)C)cc1. The molecule has 3 rings (SSSR count). The number of hydrogen-bond donors (Lipinski definition) is 1. The van der Waals surface area contributed by atoms with Crippen LogP contribution in [0.5, 0.6) is 5.75 Å². The summed E-state index contributed by atoms with van der Waals surface area (Å²) in [7, 11) is 0. The van der Waals surface area contributed by atoms with Gasteiger partial charge in [0.2, 0.25) is 11.8 Å². The van der Waals surface area contributed by atoms with Gasteiger partial charge in [0.25, 0.3) is 0 Å². The molecule has 0 aromatic heterocycles. The minimum atomic E-state index is -0.728. The van der Waals surface area contributed by atoms with Gasteiger partial charge in [0.15, 0.2) is 0 Å². The maximum atomic E-state index is 13.7. The summed E-state index contributed by atoms with van der Waals surface area (Å²) in [5.41, 5.74) is 2.74. The van der Waals surface area contributed by atoms with E-state index < -0.39 is 6.04 Å². The van der Waals surface area contributed by atoms with Crippen LogP contribution < -0.4 is 10.1 Å². The van der Waals surface area contributed by atoms with Crippen LogP contribution in [0.25, 0.3) is 0 Å². The molecule has 202 valence electrons. The molecule has 0 aliphatic heterocycles. The van der Waals surface area contributed by atoms with Crippen molar-refractivity contribution in [3.05, 3.63) is 99.5 Å². The first-order valence-corrected chi connectivity index (χ1v) is 13.7. The Kier molecular flexibility index (Phi) is 11.5. The molecule has 0 saturated carbocycles. The number of ether oxygens (including phenoxy) is 1. The van der Waals surface area contributed by atoms with Crippen molar-refractivity contribution >= 4 is 35.0 Å². The highest BCUT2D eigenvalue weighted by molar-refractivity contribution is 6.36. The Morgan fingerprint density at radius 1 is 0.921 bits per heavy atom. The normalized spacial score (nSPS) is 11.7. The molecular weight excluding hydrogens is 519 g/mol. The van der Waals surface area contributed by atoms with Crippen molar-refractivity contribution in [1.29, 1.82) is 0 Å². The van der Waals surface area contributed by atoms with E-state index >= 15 is 0 Å². The molecule has 1 atom stereocenters. The molecule has 1 N–H and O–H groups in total. The minimum absolute atomic E-state index is 0.128. The zero-order valence-corrected chi connectivity index (χ0v) is 23.8. The van der Waals surface area contributed by atoms with E-state index in [0.717, 1.165) is 16.9 Å². The number of halogens is 2. The number of carbonyl (C=O) groups excluding carboxylic acids is 2. The van der Waals surface area contributed by atoms with Gasteiger partial charge >= 0.3 is 0 Å². The van der Waals surface area contributed by atoms with E-state index in [2.05, 4.69) is 5.32 Å². The number of rotatable bonds is 13. The van der Waals surface area contributed by atoms with Crippen LogP contribution in [-0.2, 0) is 22.6 Å². The third-order valence-electron chi connectivity index (χ3n) is 6.17. The number of nitrogens with one attached hydrogen (secondary N) is 1. The minimum Gasteiger partial charge on any atom is -0.494 e. The molecule has 0 saturated heterocycles. The Labute approximate surface area is 236 Å². The molecule has 0 unspecified atom stereocenters. The van der Waals surface area contributed by atoms with Gasteiger partial charge in [-0.25, -0.2) is 0 Å². The number of amides is 2. The highest BCUT2D eigenvalue weighted by Gasteiger charge is 2.31. The van der Waals surface area contributed by atoms with Crippen LogP contribution >= 0.6 is 23.2 Å². The van der Waals surface area contributed by atoms with E-state index in [-0.39, 0.29) is 30.7 Å². The van der Waals surface area contributed by atoms with Gasteiger partial charge in [-0.1, -0.05) is 91.1 Å². The molecule has 2 amide bonds. The van der Waals surface area contributed by atoms with E-state index in [1.807, 2.05) is 75.4 Å². The summed E-state index contributed by atoms with van der Waals surface area (Å²) in [5, 5.41) is 3.94. The van der Waals surface area contributed by atoms with Crippen molar-refractivity contribution in [1.82, 2.24) is 10.2 Å². The molecule has 0 radical (unpaired) electrons. The smallest absolute Gasteiger partial charge is 0.243 e. The number of hydrogen-bond acceptors (Lipinski definition) is 3. The number of nitrogens with zero attached hydrogens (tertiary/aromatic N) is 1. The molecule has 0 heterocycles. The van der Waals surface area contributed by atoms with Crippen molar-refractivity contribution in [2.75, 3.05) is 13.2 Å². The van der Waals surface area contributed by atoms with Crippen molar-refractivity contribution in [2.45, 2.75) is 52.6 Å². The van der Waals surface area contributed by atoms with Gasteiger partial charge in [0.1, 0.15) is 11.8 Å². The van der Waals surface area contributed by atoms with Gasteiger partial charge < -0.3 is 15.0 Å². The summed E-state index contributed by atoms with van der Waals surface area (Å²) in [4.78, 5) is 28.8. The van der Waals surface area contributed by atoms with Crippen LogP contribution in [0.15, 0.2) is 72.8 Å². The Balaban J connectivity index is 1.83. The highest BCUT2D eigenvalue weighted by atomic mass is 35.5. The first-order valence-electron chi connectivity index (χ1n) is 13.0.